The van der Waals surface area contributed by atoms with Crippen molar-refractivity contribution < 1.29 is 4.74 Å². The van der Waals surface area contributed by atoms with Gasteiger partial charge in [0.2, 0.25) is 0 Å². The summed E-state index contributed by atoms with van der Waals surface area (Å²) in [5.74, 6) is 1.10. The highest BCUT2D eigenvalue weighted by Crippen LogP contribution is 2.32. The number of nitrogens with zero attached hydrogens (tertiary/aromatic N) is 3. The second kappa shape index (κ2) is 8.16. The van der Waals surface area contributed by atoms with E-state index in [0.717, 1.165) is 58.4 Å². The summed E-state index contributed by atoms with van der Waals surface area (Å²) in [6.07, 6.45) is 2.51. The van der Waals surface area contributed by atoms with Crippen molar-refractivity contribution in [1.29, 1.82) is 0 Å². The van der Waals surface area contributed by atoms with Crippen molar-refractivity contribution in [2.45, 2.75) is 46.6 Å². The molecule has 1 N–H and O–H groups in total. The van der Waals surface area contributed by atoms with Gasteiger partial charge in [0.1, 0.15) is 0 Å². The van der Waals surface area contributed by atoms with Gasteiger partial charge in [0.15, 0.2) is 5.96 Å². The standard InChI is InChI=1S/C17H34N4O/c1-5-17(4)7-8-21(14-17)16(18-6-2)19-13-15(3)20-9-11-22-12-10-20/h15H,5-14H2,1-4H3,(H,18,19). The van der Waals surface area contributed by atoms with Crippen LogP contribution in [0.15, 0.2) is 4.99 Å². The monoisotopic (exact) mass is 310 g/mol. The first-order valence-electron chi connectivity index (χ1n) is 8.93. The maximum Gasteiger partial charge on any atom is 0.193 e. The first-order chi connectivity index (χ1) is 10.6. The number of guanidine groups is 1. The van der Waals surface area contributed by atoms with Gasteiger partial charge in [-0.1, -0.05) is 13.8 Å². The van der Waals surface area contributed by atoms with Crippen molar-refractivity contribution >= 4 is 5.96 Å². The Kier molecular flexibility index (Phi) is 6.50. The molecule has 2 unspecified atom stereocenters. The van der Waals surface area contributed by atoms with E-state index in [0.29, 0.717) is 11.5 Å². The minimum Gasteiger partial charge on any atom is -0.379 e. The predicted molar refractivity (Wildman–Crippen MR) is 92.4 cm³/mol. The Morgan fingerprint density at radius 1 is 1.27 bits per heavy atom. The molecule has 0 amide bonds. The smallest absolute Gasteiger partial charge is 0.193 e. The van der Waals surface area contributed by atoms with Crippen molar-refractivity contribution in [3.05, 3.63) is 0 Å². The molecular formula is C17H34N4O. The van der Waals surface area contributed by atoms with E-state index in [1.54, 1.807) is 0 Å². The highest BCUT2D eigenvalue weighted by atomic mass is 16.5. The van der Waals surface area contributed by atoms with E-state index in [1.165, 1.54) is 12.8 Å². The first kappa shape index (κ1) is 17.5. The van der Waals surface area contributed by atoms with Gasteiger partial charge < -0.3 is 15.0 Å². The average molecular weight is 310 g/mol. The second-order valence-corrected chi connectivity index (χ2v) is 7.03. The van der Waals surface area contributed by atoms with Crippen LogP contribution in [0.3, 0.4) is 0 Å². The molecule has 2 rings (SSSR count). The molecule has 2 heterocycles. The zero-order valence-electron chi connectivity index (χ0n) is 14.9. The summed E-state index contributed by atoms with van der Waals surface area (Å²) in [5.41, 5.74) is 0.450. The summed E-state index contributed by atoms with van der Waals surface area (Å²) in [6, 6.07) is 0.484. The minimum absolute atomic E-state index is 0.450. The number of likely N-dealkylation sites (tertiary alicyclic amines) is 1. The number of aliphatic imine (C=N–C) groups is 1. The third-order valence-corrected chi connectivity index (χ3v) is 5.22. The molecule has 128 valence electrons. The molecule has 0 aromatic carbocycles. The summed E-state index contributed by atoms with van der Waals surface area (Å²) in [6.45, 7) is 16.9. The van der Waals surface area contributed by atoms with E-state index in [-0.39, 0.29) is 0 Å². The molecule has 5 heteroatoms. The molecule has 2 aliphatic rings. The van der Waals surface area contributed by atoms with Crippen LogP contribution >= 0.6 is 0 Å². The number of rotatable bonds is 5. The molecule has 2 saturated heterocycles. The van der Waals surface area contributed by atoms with Gasteiger partial charge in [-0.15, -0.1) is 0 Å². The lowest BCUT2D eigenvalue weighted by molar-refractivity contribution is 0.0220. The molecule has 0 spiro atoms. The van der Waals surface area contributed by atoms with E-state index in [9.17, 15) is 0 Å². The number of hydrogen-bond acceptors (Lipinski definition) is 3. The third-order valence-electron chi connectivity index (χ3n) is 5.22. The molecule has 0 aromatic heterocycles. The van der Waals surface area contributed by atoms with Crippen LogP contribution in [-0.4, -0.2) is 74.3 Å². The molecule has 0 aliphatic carbocycles. The minimum atomic E-state index is 0.450. The molecule has 2 aliphatic heterocycles. The molecule has 0 bridgehead atoms. The Bertz CT molecular complexity index is 368. The number of morpholine rings is 1. The fourth-order valence-corrected chi connectivity index (χ4v) is 3.27. The molecule has 5 nitrogen and oxygen atoms in total. The zero-order chi connectivity index (χ0) is 16.0. The van der Waals surface area contributed by atoms with E-state index in [4.69, 9.17) is 9.73 Å². The molecular weight excluding hydrogens is 276 g/mol. The van der Waals surface area contributed by atoms with Crippen LogP contribution < -0.4 is 5.32 Å². The largest absolute Gasteiger partial charge is 0.379 e. The topological polar surface area (TPSA) is 40.1 Å². The lowest BCUT2D eigenvalue weighted by Crippen LogP contribution is -2.45. The van der Waals surface area contributed by atoms with Gasteiger partial charge in [-0.3, -0.25) is 9.89 Å². The zero-order valence-corrected chi connectivity index (χ0v) is 14.9. The van der Waals surface area contributed by atoms with Crippen molar-refractivity contribution in [3.8, 4) is 0 Å². The average Bonchev–Trinajstić information content (AvgIpc) is 2.95. The Morgan fingerprint density at radius 3 is 2.59 bits per heavy atom. The van der Waals surface area contributed by atoms with Crippen molar-refractivity contribution in [1.82, 2.24) is 15.1 Å². The van der Waals surface area contributed by atoms with Crippen LogP contribution in [0.2, 0.25) is 0 Å². The lowest BCUT2D eigenvalue weighted by Gasteiger charge is -2.32. The van der Waals surface area contributed by atoms with Crippen LogP contribution in [-0.2, 0) is 4.74 Å². The van der Waals surface area contributed by atoms with E-state index in [1.807, 2.05) is 0 Å². The van der Waals surface area contributed by atoms with Gasteiger partial charge in [0, 0.05) is 38.8 Å². The van der Waals surface area contributed by atoms with E-state index in [2.05, 4.69) is 42.8 Å². The fraction of sp³-hybridized carbons (Fsp3) is 0.941. The van der Waals surface area contributed by atoms with Crippen LogP contribution in [0.4, 0.5) is 0 Å². The maximum absolute atomic E-state index is 5.43. The van der Waals surface area contributed by atoms with E-state index >= 15 is 0 Å². The number of ether oxygens (including phenoxy) is 1. The van der Waals surface area contributed by atoms with Crippen LogP contribution in [0.1, 0.15) is 40.5 Å². The number of hydrogen-bond donors (Lipinski definition) is 1. The molecule has 2 fully saturated rings. The highest BCUT2D eigenvalue weighted by Gasteiger charge is 2.33. The van der Waals surface area contributed by atoms with Gasteiger partial charge in [0.25, 0.3) is 0 Å². The van der Waals surface area contributed by atoms with Gasteiger partial charge in [-0.25, -0.2) is 0 Å². The second-order valence-electron chi connectivity index (χ2n) is 7.03. The Morgan fingerprint density at radius 2 is 2.00 bits per heavy atom. The third kappa shape index (κ3) is 4.59. The highest BCUT2D eigenvalue weighted by molar-refractivity contribution is 5.80. The van der Waals surface area contributed by atoms with Crippen LogP contribution in [0.25, 0.3) is 0 Å². The molecule has 22 heavy (non-hydrogen) atoms. The summed E-state index contributed by atoms with van der Waals surface area (Å²) in [7, 11) is 0. The normalized spacial score (nSPS) is 28.9. The lowest BCUT2D eigenvalue weighted by atomic mass is 9.87. The first-order valence-corrected chi connectivity index (χ1v) is 8.93. The van der Waals surface area contributed by atoms with Crippen molar-refractivity contribution in [2.24, 2.45) is 10.4 Å². The fourth-order valence-electron chi connectivity index (χ4n) is 3.27. The maximum atomic E-state index is 5.43. The molecule has 0 aromatic rings. The summed E-state index contributed by atoms with van der Waals surface area (Å²) < 4.78 is 5.43. The van der Waals surface area contributed by atoms with Gasteiger partial charge >= 0.3 is 0 Å². The van der Waals surface area contributed by atoms with Gasteiger partial charge in [-0.2, -0.15) is 0 Å². The molecule has 2 atom stereocenters. The SMILES string of the molecule is CCNC(=NCC(C)N1CCOCC1)N1CCC(C)(CC)C1. The summed E-state index contributed by atoms with van der Waals surface area (Å²) in [4.78, 5) is 9.85. The van der Waals surface area contributed by atoms with Gasteiger partial charge in [-0.05, 0) is 32.1 Å². The van der Waals surface area contributed by atoms with Crippen LogP contribution in [0, 0.1) is 5.41 Å². The van der Waals surface area contributed by atoms with E-state index < -0.39 is 0 Å². The Labute approximate surface area is 136 Å². The predicted octanol–water partition coefficient (Wildman–Crippen LogP) is 1.79. The Balaban J connectivity index is 1.92. The molecule has 0 radical (unpaired) electrons. The van der Waals surface area contributed by atoms with Crippen LogP contribution in [0.5, 0.6) is 0 Å². The van der Waals surface area contributed by atoms with Crippen molar-refractivity contribution in [2.75, 3.05) is 52.5 Å². The van der Waals surface area contributed by atoms with Gasteiger partial charge in [0.05, 0.1) is 19.8 Å². The van der Waals surface area contributed by atoms with Crippen molar-refractivity contribution in [3.63, 3.8) is 0 Å². The quantitative estimate of drug-likeness (QED) is 0.621. The summed E-state index contributed by atoms with van der Waals surface area (Å²) in [5, 5.41) is 3.48. The Hall–Kier alpha value is -0.810. The molecule has 0 saturated carbocycles. The summed E-state index contributed by atoms with van der Waals surface area (Å²) >= 11 is 0. The number of nitrogens with one attached hydrogen (secondary N) is 1.